The van der Waals surface area contributed by atoms with E-state index in [0.717, 1.165) is 25.8 Å². The predicted molar refractivity (Wildman–Crippen MR) is 135 cm³/mol. The maximum Gasteiger partial charge on any atom is 0.330 e. The largest absolute Gasteiger partial charge is 0.462 e. The molecule has 2 amide bonds. The molecule has 0 aliphatic rings. The van der Waals surface area contributed by atoms with Gasteiger partial charge in [-0.25, -0.2) is 4.79 Å². The van der Waals surface area contributed by atoms with Crippen LogP contribution in [0.3, 0.4) is 0 Å². The van der Waals surface area contributed by atoms with Crippen LogP contribution in [0.25, 0.3) is 0 Å². The van der Waals surface area contributed by atoms with Gasteiger partial charge in [-0.15, -0.1) is 0 Å². The number of rotatable bonds is 16. The van der Waals surface area contributed by atoms with E-state index < -0.39 is 5.91 Å². The molecule has 0 aliphatic heterocycles. The predicted octanol–water partition coefficient (Wildman–Crippen LogP) is 5.63. The number of hydrogen-bond acceptors (Lipinski definition) is 4. The molecule has 1 unspecified atom stereocenters. The smallest absolute Gasteiger partial charge is 0.330 e. The van der Waals surface area contributed by atoms with Gasteiger partial charge in [0.05, 0.1) is 6.61 Å². The molecule has 3 N–H and O–H groups in total. The summed E-state index contributed by atoms with van der Waals surface area (Å²) in [5.41, 5.74) is 5.09. The zero-order chi connectivity index (χ0) is 25.2. The third-order valence-corrected chi connectivity index (χ3v) is 4.61. The van der Waals surface area contributed by atoms with Crippen LogP contribution in [-0.2, 0) is 19.1 Å². The molecule has 0 heterocycles. The summed E-state index contributed by atoms with van der Waals surface area (Å²) in [6.07, 6.45) is 14.7. The number of unbranched alkanes of at least 4 members (excludes halogenated alkanes) is 6. The number of primary amides is 1. The van der Waals surface area contributed by atoms with E-state index in [1.54, 1.807) is 6.92 Å². The zero-order valence-electron chi connectivity index (χ0n) is 21.0. The lowest BCUT2D eigenvalue weighted by atomic mass is 10.0. The van der Waals surface area contributed by atoms with Crippen LogP contribution in [0, 0.1) is 5.92 Å². The lowest BCUT2D eigenvalue weighted by Gasteiger charge is -2.13. The van der Waals surface area contributed by atoms with Crippen LogP contribution in [-0.4, -0.2) is 30.9 Å². The summed E-state index contributed by atoms with van der Waals surface area (Å²) in [4.78, 5) is 31.3. The molecule has 32 heavy (non-hydrogen) atoms. The van der Waals surface area contributed by atoms with Gasteiger partial charge in [0.15, 0.2) is 0 Å². The Morgan fingerprint density at radius 2 is 1.47 bits per heavy atom. The van der Waals surface area contributed by atoms with E-state index in [1.807, 2.05) is 0 Å². The Kier molecular flexibility index (Phi) is 28.5. The first kappa shape index (κ1) is 34.2. The Hall–Kier alpha value is -2.37. The lowest BCUT2D eigenvalue weighted by Crippen LogP contribution is -2.21. The van der Waals surface area contributed by atoms with Crippen LogP contribution >= 0.6 is 0 Å². The van der Waals surface area contributed by atoms with Crippen molar-refractivity contribution in [1.82, 2.24) is 5.32 Å². The summed E-state index contributed by atoms with van der Waals surface area (Å²) in [7, 11) is 0. The molecule has 0 aromatic carbocycles. The van der Waals surface area contributed by atoms with E-state index in [4.69, 9.17) is 10.5 Å². The van der Waals surface area contributed by atoms with Crippen LogP contribution in [0.15, 0.2) is 37.5 Å². The number of nitrogens with one attached hydrogen (secondary N) is 1. The second-order valence-electron chi connectivity index (χ2n) is 7.66. The number of ether oxygens (including phenoxy) is 1. The first-order chi connectivity index (χ1) is 15.2. The fourth-order valence-electron chi connectivity index (χ4n) is 2.35. The summed E-state index contributed by atoms with van der Waals surface area (Å²) in [5.74, 6) is -0.289. The van der Waals surface area contributed by atoms with Gasteiger partial charge in [0, 0.05) is 18.2 Å². The fraction of sp³-hybridized carbons (Fsp3) is 0.654. The fourth-order valence-corrected chi connectivity index (χ4v) is 2.35. The standard InChI is InChI=1S/C11H21NO.C11H20O2.C4H7NO/c1-3-5-6-7-8-9-10-12-11(13)4-2;1-4-7-8-10(5-2)9-13-11(12)6-3;1-3(2)4(5)6/h4H,2-3,5-10H2,1H3,(H,12,13);6,10H,3-5,7-9H2,1-2H3;1H2,2H3,(H2,5,6). The van der Waals surface area contributed by atoms with Gasteiger partial charge in [0.25, 0.3) is 0 Å². The Bertz CT molecular complexity index is 518. The summed E-state index contributed by atoms with van der Waals surface area (Å²) >= 11 is 0. The van der Waals surface area contributed by atoms with Crippen LogP contribution in [0.5, 0.6) is 0 Å². The number of nitrogens with two attached hydrogens (primary N) is 1. The zero-order valence-corrected chi connectivity index (χ0v) is 21.0. The van der Waals surface area contributed by atoms with Crippen LogP contribution in [0.2, 0.25) is 0 Å². The molecule has 0 aromatic heterocycles. The molecule has 0 rings (SSSR count). The van der Waals surface area contributed by atoms with E-state index in [0.29, 0.717) is 18.1 Å². The van der Waals surface area contributed by atoms with E-state index in [9.17, 15) is 14.4 Å². The molecule has 0 spiro atoms. The maximum absolute atomic E-state index is 10.8. The normalized spacial score (nSPS) is 10.2. The highest BCUT2D eigenvalue weighted by atomic mass is 16.5. The minimum absolute atomic E-state index is 0.0615. The SMILES string of the molecule is C=C(C)C(N)=O.C=CC(=O)NCCCCCCCC.C=CC(=O)OCC(CC)CCCC. The minimum atomic E-state index is -0.435. The first-order valence-corrected chi connectivity index (χ1v) is 11.8. The Morgan fingerprint density at radius 1 is 0.938 bits per heavy atom. The van der Waals surface area contributed by atoms with E-state index in [2.05, 4.69) is 45.8 Å². The highest BCUT2D eigenvalue weighted by molar-refractivity contribution is 5.90. The van der Waals surface area contributed by atoms with Crippen molar-refractivity contribution < 1.29 is 19.1 Å². The van der Waals surface area contributed by atoms with Gasteiger partial charge in [-0.3, -0.25) is 9.59 Å². The molecule has 0 aliphatic carbocycles. The Morgan fingerprint density at radius 3 is 1.91 bits per heavy atom. The summed E-state index contributed by atoms with van der Waals surface area (Å²) < 4.78 is 4.98. The number of carbonyl (C=O) groups is 3. The monoisotopic (exact) mass is 452 g/mol. The summed E-state index contributed by atoms with van der Waals surface area (Å²) in [5, 5.41) is 2.77. The van der Waals surface area contributed by atoms with Crippen LogP contribution in [0.4, 0.5) is 0 Å². The van der Waals surface area contributed by atoms with Crippen LogP contribution in [0.1, 0.15) is 91.9 Å². The second-order valence-corrected chi connectivity index (χ2v) is 7.66. The van der Waals surface area contributed by atoms with Crippen LogP contribution < -0.4 is 11.1 Å². The van der Waals surface area contributed by atoms with Gasteiger partial charge in [-0.2, -0.15) is 0 Å². The van der Waals surface area contributed by atoms with Crippen molar-refractivity contribution in [2.75, 3.05) is 13.2 Å². The molecular formula is C26H48N2O4. The van der Waals surface area contributed by atoms with Gasteiger partial charge in [0.1, 0.15) is 0 Å². The Balaban J connectivity index is -0.000000422. The Labute approximate surface area is 196 Å². The number of carbonyl (C=O) groups excluding carboxylic acids is 3. The molecule has 6 nitrogen and oxygen atoms in total. The molecular weight excluding hydrogens is 404 g/mol. The molecule has 0 aromatic rings. The van der Waals surface area contributed by atoms with Gasteiger partial charge in [-0.1, -0.05) is 91.9 Å². The third-order valence-electron chi connectivity index (χ3n) is 4.61. The molecule has 186 valence electrons. The average Bonchev–Trinajstić information content (AvgIpc) is 2.78. The van der Waals surface area contributed by atoms with E-state index in [1.165, 1.54) is 57.1 Å². The molecule has 0 saturated carbocycles. The summed E-state index contributed by atoms with van der Waals surface area (Å²) in [6.45, 7) is 19.4. The summed E-state index contributed by atoms with van der Waals surface area (Å²) in [6, 6.07) is 0. The second kappa shape index (κ2) is 26.7. The molecule has 0 radical (unpaired) electrons. The maximum atomic E-state index is 10.8. The van der Waals surface area contributed by atoms with Gasteiger partial charge in [-0.05, 0) is 31.8 Å². The van der Waals surface area contributed by atoms with E-state index >= 15 is 0 Å². The molecule has 0 bridgehead atoms. The first-order valence-electron chi connectivity index (χ1n) is 11.8. The number of hydrogen-bond donors (Lipinski definition) is 2. The van der Waals surface area contributed by atoms with Crippen molar-refractivity contribution in [3.63, 3.8) is 0 Å². The van der Waals surface area contributed by atoms with E-state index in [-0.39, 0.29) is 11.9 Å². The van der Waals surface area contributed by atoms with Crippen molar-refractivity contribution in [3.05, 3.63) is 37.5 Å². The highest BCUT2D eigenvalue weighted by Gasteiger charge is 2.07. The third kappa shape index (κ3) is 29.8. The molecule has 0 fully saturated rings. The topological polar surface area (TPSA) is 98.5 Å². The van der Waals surface area contributed by atoms with Gasteiger partial charge < -0.3 is 15.8 Å². The van der Waals surface area contributed by atoms with Gasteiger partial charge >= 0.3 is 5.97 Å². The molecule has 1 atom stereocenters. The molecule has 0 saturated heterocycles. The van der Waals surface area contributed by atoms with Crippen molar-refractivity contribution >= 4 is 17.8 Å². The molecule has 6 heteroatoms. The quantitative estimate of drug-likeness (QED) is 0.180. The minimum Gasteiger partial charge on any atom is -0.462 e. The van der Waals surface area contributed by atoms with Crippen molar-refractivity contribution in [1.29, 1.82) is 0 Å². The average molecular weight is 453 g/mol. The lowest BCUT2D eigenvalue weighted by molar-refractivity contribution is -0.139. The highest BCUT2D eigenvalue weighted by Crippen LogP contribution is 2.12. The van der Waals surface area contributed by atoms with Crippen molar-refractivity contribution in [3.8, 4) is 0 Å². The van der Waals surface area contributed by atoms with Crippen molar-refractivity contribution in [2.45, 2.75) is 91.9 Å². The van der Waals surface area contributed by atoms with Crippen molar-refractivity contribution in [2.24, 2.45) is 11.7 Å². The number of amides is 2. The number of esters is 1. The van der Waals surface area contributed by atoms with Gasteiger partial charge in [0.2, 0.25) is 11.8 Å².